The highest BCUT2D eigenvalue weighted by molar-refractivity contribution is 5.59. The Morgan fingerprint density at radius 1 is 1.28 bits per heavy atom. The largest absolute Gasteiger partial charge is 0.326 e. The van der Waals surface area contributed by atoms with Crippen LogP contribution in [0.4, 0.5) is 10.3 Å². The van der Waals surface area contributed by atoms with Crippen LogP contribution >= 0.6 is 0 Å². The van der Waals surface area contributed by atoms with Crippen LogP contribution in [-0.4, -0.2) is 32.3 Å². The van der Waals surface area contributed by atoms with Crippen LogP contribution in [0.2, 0.25) is 0 Å². The number of pyridine rings is 1. The molecule has 3 aromatic rings. The fourth-order valence-corrected chi connectivity index (χ4v) is 3.67. The fourth-order valence-electron chi connectivity index (χ4n) is 3.67. The van der Waals surface area contributed by atoms with E-state index in [9.17, 15) is 4.39 Å². The molecule has 0 saturated heterocycles. The molecule has 1 atom stereocenters. The summed E-state index contributed by atoms with van der Waals surface area (Å²) in [6, 6.07) is 4.61. The lowest BCUT2D eigenvalue weighted by Crippen LogP contribution is -2.36. The maximum absolute atomic E-state index is 14.3. The average molecular weight is 392 g/mol. The maximum atomic E-state index is 14.3. The number of fused-ring (bicyclic) bond motifs is 1. The Morgan fingerprint density at radius 3 is 2.69 bits per heavy atom. The molecule has 0 unspecified atom stereocenters. The van der Waals surface area contributed by atoms with Gasteiger partial charge in [0.2, 0.25) is 5.95 Å². The van der Waals surface area contributed by atoms with Gasteiger partial charge in [0.1, 0.15) is 17.4 Å². The lowest BCUT2D eigenvalue weighted by Gasteiger charge is -2.36. The molecule has 0 bridgehead atoms. The van der Waals surface area contributed by atoms with E-state index >= 15 is 0 Å². The molecule has 4 heterocycles. The second-order valence-electron chi connectivity index (χ2n) is 7.63. The van der Waals surface area contributed by atoms with Crippen LogP contribution in [-0.2, 0) is 0 Å². The highest BCUT2D eigenvalue weighted by Crippen LogP contribution is 2.38. The number of aromatic nitrogens is 4. The highest BCUT2D eigenvalue weighted by Gasteiger charge is 2.33. The topological polar surface area (TPSA) is 58.7 Å². The third-order valence-electron chi connectivity index (χ3n) is 5.33. The van der Waals surface area contributed by atoms with E-state index in [2.05, 4.69) is 45.7 Å². The number of anilines is 1. The molecule has 1 aliphatic heterocycles. The van der Waals surface area contributed by atoms with Crippen molar-refractivity contribution in [2.75, 3.05) is 11.4 Å². The van der Waals surface area contributed by atoms with Gasteiger partial charge in [-0.05, 0) is 55.5 Å². The zero-order chi connectivity index (χ0) is 20.5. The summed E-state index contributed by atoms with van der Waals surface area (Å²) in [4.78, 5) is 16.0. The molecule has 4 rings (SSSR count). The first-order valence-corrected chi connectivity index (χ1v) is 9.90. The second kappa shape index (κ2) is 7.73. The van der Waals surface area contributed by atoms with Crippen molar-refractivity contribution in [3.63, 3.8) is 0 Å². The van der Waals surface area contributed by atoms with Crippen molar-refractivity contribution in [3.8, 4) is 0 Å². The molecule has 0 saturated carbocycles. The number of nitrogens with zero attached hydrogens (tertiary/aromatic N) is 6. The molecule has 3 aromatic heterocycles. The van der Waals surface area contributed by atoms with Crippen LogP contribution in [0.1, 0.15) is 57.3 Å². The first-order chi connectivity index (χ1) is 14.0. The molecule has 6 nitrogen and oxygen atoms in total. The van der Waals surface area contributed by atoms with Gasteiger partial charge in [-0.1, -0.05) is 13.8 Å². The van der Waals surface area contributed by atoms with E-state index in [1.807, 2.05) is 19.3 Å². The minimum Gasteiger partial charge on any atom is -0.326 e. The number of halogens is 1. The molecular formula is C22H25FN6. The Hall–Kier alpha value is -3.09. The summed E-state index contributed by atoms with van der Waals surface area (Å²) in [5.74, 6) is 0.700. The molecule has 1 aliphatic rings. The van der Waals surface area contributed by atoms with E-state index in [1.165, 1.54) is 11.6 Å². The average Bonchev–Trinajstić information content (AvgIpc) is 3.15. The zero-order valence-electron chi connectivity index (χ0n) is 17.2. The smallest absolute Gasteiger partial charge is 0.226 e. The summed E-state index contributed by atoms with van der Waals surface area (Å²) < 4.78 is 15.9. The predicted octanol–water partition coefficient (Wildman–Crippen LogP) is 4.70. The van der Waals surface area contributed by atoms with Crippen molar-refractivity contribution < 1.29 is 4.39 Å². The third-order valence-corrected chi connectivity index (χ3v) is 5.33. The van der Waals surface area contributed by atoms with E-state index in [0.717, 1.165) is 29.9 Å². The molecule has 0 fully saturated rings. The van der Waals surface area contributed by atoms with Crippen molar-refractivity contribution >= 4 is 17.7 Å². The van der Waals surface area contributed by atoms with Crippen molar-refractivity contribution in [2.45, 2.75) is 46.1 Å². The lowest BCUT2D eigenvalue weighted by atomic mass is 9.97. The van der Waals surface area contributed by atoms with E-state index < -0.39 is 0 Å². The Morgan fingerprint density at radius 2 is 2.03 bits per heavy atom. The van der Waals surface area contributed by atoms with E-state index in [1.54, 1.807) is 29.1 Å². The summed E-state index contributed by atoms with van der Waals surface area (Å²) in [5, 5.41) is 4.66. The van der Waals surface area contributed by atoms with E-state index in [4.69, 9.17) is 0 Å². The minimum atomic E-state index is -0.299. The van der Waals surface area contributed by atoms with Crippen LogP contribution in [0.25, 0.3) is 5.52 Å². The molecule has 7 heteroatoms. The summed E-state index contributed by atoms with van der Waals surface area (Å²) in [5.41, 5.74) is 4.38. The summed E-state index contributed by atoms with van der Waals surface area (Å²) >= 11 is 0. The van der Waals surface area contributed by atoms with Gasteiger partial charge in [-0.3, -0.25) is 4.99 Å². The molecular weight excluding hydrogens is 367 g/mol. The van der Waals surface area contributed by atoms with Crippen molar-refractivity contribution in [2.24, 2.45) is 4.99 Å². The van der Waals surface area contributed by atoms with Gasteiger partial charge in [0.05, 0.1) is 11.4 Å². The van der Waals surface area contributed by atoms with E-state index in [-0.39, 0.29) is 11.9 Å². The van der Waals surface area contributed by atoms with Crippen LogP contribution in [0.15, 0.2) is 53.1 Å². The lowest BCUT2D eigenvalue weighted by molar-refractivity contribution is 0.598. The first kappa shape index (κ1) is 19.2. The molecule has 29 heavy (non-hydrogen) atoms. The number of hydrogen-bond acceptors (Lipinski definition) is 5. The van der Waals surface area contributed by atoms with Crippen LogP contribution in [0, 0.1) is 5.82 Å². The standard InChI is InChI=1S/C22H25FN6/c1-5-24-20-15(4)8-10-28(22-25-12-16(13-26-22)14(2)3)21(20)18-11-19-17(23)7-6-9-29(19)27-18/h5-7,9,11-14,21H,8,10H2,1-4H3/t21-/m0/s1. The number of aliphatic imine (C=N–C) groups is 1. The van der Waals surface area contributed by atoms with E-state index in [0.29, 0.717) is 17.4 Å². The van der Waals surface area contributed by atoms with Gasteiger partial charge in [-0.15, -0.1) is 0 Å². The summed E-state index contributed by atoms with van der Waals surface area (Å²) in [6.07, 6.45) is 8.15. The molecule has 0 aromatic carbocycles. The van der Waals surface area contributed by atoms with Gasteiger partial charge in [0.15, 0.2) is 0 Å². The van der Waals surface area contributed by atoms with Crippen molar-refractivity contribution in [1.29, 1.82) is 0 Å². The Labute approximate surface area is 169 Å². The van der Waals surface area contributed by atoms with Gasteiger partial charge >= 0.3 is 0 Å². The third kappa shape index (κ3) is 3.52. The van der Waals surface area contributed by atoms with Crippen LogP contribution in [0.5, 0.6) is 0 Å². The second-order valence-corrected chi connectivity index (χ2v) is 7.63. The monoisotopic (exact) mass is 392 g/mol. The fraction of sp³-hybridized carbons (Fsp3) is 0.364. The van der Waals surface area contributed by atoms with Crippen molar-refractivity contribution in [3.05, 3.63) is 65.1 Å². The Balaban J connectivity index is 1.84. The Kier molecular flexibility index (Phi) is 5.13. The highest BCUT2D eigenvalue weighted by atomic mass is 19.1. The summed E-state index contributed by atoms with van der Waals surface area (Å²) in [6.45, 7) is 8.97. The van der Waals surface area contributed by atoms with Gasteiger partial charge in [-0.25, -0.2) is 18.9 Å². The maximum Gasteiger partial charge on any atom is 0.226 e. The van der Waals surface area contributed by atoms with Gasteiger partial charge < -0.3 is 4.90 Å². The molecule has 150 valence electrons. The number of rotatable bonds is 4. The van der Waals surface area contributed by atoms with Gasteiger partial charge in [0.25, 0.3) is 0 Å². The summed E-state index contributed by atoms with van der Waals surface area (Å²) in [7, 11) is 0. The molecule has 0 spiro atoms. The molecule has 0 aliphatic carbocycles. The van der Waals surface area contributed by atoms with Gasteiger partial charge in [0, 0.05) is 31.3 Å². The predicted molar refractivity (Wildman–Crippen MR) is 113 cm³/mol. The normalized spacial score (nSPS) is 17.9. The van der Waals surface area contributed by atoms with Gasteiger partial charge in [-0.2, -0.15) is 5.10 Å². The molecule has 0 amide bonds. The molecule has 0 N–H and O–H groups in total. The van der Waals surface area contributed by atoms with Crippen molar-refractivity contribution in [1.82, 2.24) is 19.6 Å². The Bertz CT molecular complexity index is 1080. The quantitative estimate of drug-likeness (QED) is 0.604. The SMILES string of the molecule is CC=NC1=C(C)CCN(c2ncc(C(C)C)cn2)[C@H]1c1cc2c(F)cccn2n1. The zero-order valence-corrected chi connectivity index (χ0v) is 17.2. The molecule has 0 radical (unpaired) electrons. The first-order valence-electron chi connectivity index (χ1n) is 9.90. The van der Waals surface area contributed by atoms with Crippen LogP contribution in [0.3, 0.4) is 0 Å². The minimum absolute atomic E-state index is 0.274. The van der Waals surface area contributed by atoms with Crippen LogP contribution < -0.4 is 4.90 Å². The number of hydrogen-bond donors (Lipinski definition) is 0.